The van der Waals surface area contributed by atoms with Crippen molar-refractivity contribution in [2.45, 2.75) is 6.92 Å². The third-order valence-corrected chi connectivity index (χ3v) is 5.62. The first-order valence-electron chi connectivity index (χ1n) is 9.56. The Hall–Kier alpha value is -3.90. The van der Waals surface area contributed by atoms with Crippen molar-refractivity contribution in [2.75, 3.05) is 18.4 Å². The zero-order valence-electron chi connectivity index (χ0n) is 16.4. The lowest BCUT2D eigenvalue weighted by Crippen LogP contribution is -2.49. The Labute approximate surface area is 181 Å². The quantitative estimate of drug-likeness (QED) is 0.522. The van der Waals surface area contributed by atoms with Crippen molar-refractivity contribution in [1.29, 1.82) is 5.26 Å². The van der Waals surface area contributed by atoms with Crippen LogP contribution in [-0.2, 0) is 0 Å². The van der Waals surface area contributed by atoms with Crippen LogP contribution in [0.5, 0.6) is 0 Å². The lowest BCUT2D eigenvalue weighted by Gasteiger charge is -2.35. The average Bonchev–Trinajstić information content (AvgIpc) is 3.32. The smallest absolute Gasteiger partial charge is 0.326 e. The fraction of sp³-hybridized carbons (Fsp3) is 0.190. The van der Waals surface area contributed by atoms with Crippen LogP contribution in [0.2, 0.25) is 5.02 Å². The van der Waals surface area contributed by atoms with Crippen LogP contribution >= 0.6 is 11.6 Å². The molecule has 5 rings (SSSR count). The molecule has 9 nitrogen and oxygen atoms in total. The summed E-state index contributed by atoms with van der Waals surface area (Å²) < 4.78 is 6.98. The second-order valence-electron chi connectivity index (χ2n) is 7.27. The van der Waals surface area contributed by atoms with E-state index in [1.54, 1.807) is 33.9 Å². The molecule has 4 heterocycles. The van der Waals surface area contributed by atoms with E-state index in [1.165, 1.54) is 0 Å². The number of nitrogens with one attached hydrogen (secondary N) is 1. The van der Waals surface area contributed by atoms with Crippen LogP contribution in [0.1, 0.15) is 15.9 Å². The number of fused-ring (bicyclic) bond motifs is 1. The van der Waals surface area contributed by atoms with Gasteiger partial charge >= 0.3 is 6.01 Å². The normalized spacial score (nSPS) is 13.8. The highest BCUT2D eigenvalue weighted by atomic mass is 35.5. The van der Waals surface area contributed by atoms with Crippen molar-refractivity contribution in [3.8, 4) is 17.5 Å². The van der Waals surface area contributed by atoms with Crippen molar-refractivity contribution in [3.63, 3.8) is 0 Å². The maximum Gasteiger partial charge on any atom is 0.326 e. The number of hydrogen-bond acceptors (Lipinski definition) is 7. The number of benzene rings is 1. The molecule has 0 spiro atoms. The zero-order valence-corrected chi connectivity index (χ0v) is 17.2. The van der Waals surface area contributed by atoms with Gasteiger partial charge in [-0.25, -0.2) is 4.52 Å². The zero-order chi connectivity index (χ0) is 21.5. The second-order valence-corrected chi connectivity index (χ2v) is 7.68. The van der Waals surface area contributed by atoms with Gasteiger partial charge in [-0.1, -0.05) is 28.9 Å². The van der Waals surface area contributed by atoms with Crippen molar-refractivity contribution >= 4 is 34.7 Å². The fourth-order valence-electron chi connectivity index (χ4n) is 3.61. The molecular weight excluding hydrogens is 418 g/mol. The van der Waals surface area contributed by atoms with E-state index < -0.39 is 0 Å². The summed E-state index contributed by atoms with van der Waals surface area (Å²) in [5.41, 5.74) is 3.37. The molecule has 0 aliphatic carbocycles. The number of nitriles is 1. The monoisotopic (exact) mass is 433 g/mol. The van der Waals surface area contributed by atoms with Gasteiger partial charge in [0, 0.05) is 31.0 Å². The Balaban J connectivity index is 1.45. The number of carbonyl (C=O) groups is 1. The third kappa shape index (κ3) is 3.27. The number of aromatic nitrogens is 4. The minimum Gasteiger partial charge on any atom is -0.336 e. The largest absolute Gasteiger partial charge is 0.336 e. The first-order valence-corrected chi connectivity index (χ1v) is 9.94. The van der Waals surface area contributed by atoms with Gasteiger partial charge in [0.2, 0.25) is 5.82 Å². The number of rotatable bonds is 4. The molecule has 0 bridgehead atoms. The SMILES string of the molecule is Cc1c(C(=O)N2CC(C#N)C2)cn2nccc(Nc3nc(-c4ccccc4Cl)no3)c12. The predicted molar refractivity (Wildman–Crippen MR) is 113 cm³/mol. The first-order chi connectivity index (χ1) is 15.0. The van der Waals surface area contributed by atoms with Crippen LogP contribution in [-0.4, -0.2) is 43.7 Å². The second kappa shape index (κ2) is 7.41. The Morgan fingerprint density at radius 1 is 1.32 bits per heavy atom. The summed E-state index contributed by atoms with van der Waals surface area (Å²) in [6, 6.07) is 11.4. The lowest BCUT2D eigenvalue weighted by atomic mass is 10.0. The van der Waals surface area contributed by atoms with Crippen LogP contribution in [0.3, 0.4) is 0 Å². The van der Waals surface area contributed by atoms with Crippen molar-refractivity contribution in [1.82, 2.24) is 24.7 Å². The highest BCUT2D eigenvalue weighted by molar-refractivity contribution is 6.33. The van der Waals surface area contributed by atoms with Gasteiger partial charge < -0.3 is 14.7 Å². The molecule has 1 N–H and O–H groups in total. The Morgan fingerprint density at radius 3 is 2.90 bits per heavy atom. The standard InChI is InChI=1S/C21H16ClN7O2/c1-12-15(20(30)28-9-13(8-23)10-28)11-29-18(12)17(6-7-24-29)25-21-26-19(27-31-21)14-4-2-3-5-16(14)22/h2-7,11,13H,9-10H2,1H3,(H,25,26,27). The number of nitrogens with zero attached hydrogens (tertiary/aromatic N) is 6. The molecule has 4 aromatic rings. The number of hydrogen-bond donors (Lipinski definition) is 1. The Morgan fingerprint density at radius 2 is 2.13 bits per heavy atom. The van der Waals surface area contributed by atoms with Gasteiger partial charge in [0.1, 0.15) is 0 Å². The van der Waals surface area contributed by atoms with E-state index in [1.807, 2.05) is 25.1 Å². The topological polar surface area (TPSA) is 112 Å². The summed E-state index contributed by atoms with van der Waals surface area (Å²) in [7, 11) is 0. The summed E-state index contributed by atoms with van der Waals surface area (Å²) in [5, 5.41) is 20.9. The van der Waals surface area contributed by atoms with Gasteiger partial charge in [0.15, 0.2) is 0 Å². The highest BCUT2D eigenvalue weighted by Gasteiger charge is 2.32. The van der Waals surface area contributed by atoms with Crippen molar-refractivity contribution in [3.05, 3.63) is 58.9 Å². The Bertz CT molecular complexity index is 1350. The fourth-order valence-corrected chi connectivity index (χ4v) is 3.83. The van der Waals surface area contributed by atoms with Crippen LogP contribution in [0, 0.1) is 24.2 Å². The molecule has 1 saturated heterocycles. The lowest BCUT2D eigenvalue weighted by molar-refractivity contribution is 0.0576. The number of aryl methyl sites for hydroxylation is 1. The van der Waals surface area contributed by atoms with Crippen molar-refractivity contribution < 1.29 is 9.32 Å². The summed E-state index contributed by atoms with van der Waals surface area (Å²) in [6.45, 7) is 2.76. The molecule has 0 saturated carbocycles. The summed E-state index contributed by atoms with van der Waals surface area (Å²) in [5.74, 6) is 0.159. The van der Waals surface area contributed by atoms with E-state index in [4.69, 9.17) is 21.4 Å². The average molecular weight is 434 g/mol. The third-order valence-electron chi connectivity index (χ3n) is 5.29. The molecule has 10 heteroatoms. The van der Waals surface area contributed by atoms with Gasteiger partial charge in [0.05, 0.1) is 33.8 Å². The molecular formula is C21H16ClN7O2. The summed E-state index contributed by atoms with van der Waals surface area (Å²) in [4.78, 5) is 18.9. The van der Waals surface area contributed by atoms with E-state index in [2.05, 4.69) is 26.6 Å². The van der Waals surface area contributed by atoms with E-state index in [9.17, 15) is 4.79 Å². The molecule has 0 radical (unpaired) electrons. The number of halogens is 1. The first kappa shape index (κ1) is 19.1. The van der Waals surface area contributed by atoms with Crippen LogP contribution in [0.15, 0.2) is 47.2 Å². The molecule has 1 aromatic carbocycles. The minimum atomic E-state index is -0.112. The predicted octanol–water partition coefficient (Wildman–Crippen LogP) is 3.69. The summed E-state index contributed by atoms with van der Waals surface area (Å²) in [6.07, 6.45) is 3.31. The molecule has 0 atom stereocenters. The van der Waals surface area contributed by atoms with Gasteiger partial charge in [0.25, 0.3) is 5.91 Å². The molecule has 1 fully saturated rings. The molecule has 154 valence electrons. The number of anilines is 2. The maximum atomic E-state index is 12.8. The van der Waals surface area contributed by atoms with E-state index in [0.29, 0.717) is 40.8 Å². The van der Waals surface area contributed by atoms with Gasteiger partial charge in [-0.3, -0.25) is 4.79 Å². The minimum absolute atomic E-state index is 0.0959. The number of amides is 1. The molecule has 1 aliphatic rings. The molecule has 1 aliphatic heterocycles. The van der Waals surface area contributed by atoms with Crippen LogP contribution in [0.4, 0.5) is 11.7 Å². The highest BCUT2D eigenvalue weighted by Crippen LogP contribution is 2.30. The van der Waals surface area contributed by atoms with Crippen molar-refractivity contribution in [2.24, 2.45) is 5.92 Å². The van der Waals surface area contributed by atoms with Gasteiger partial charge in [-0.05, 0) is 30.7 Å². The van der Waals surface area contributed by atoms with E-state index >= 15 is 0 Å². The van der Waals surface area contributed by atoms with E-state index in [0.717, 1.165) is 11.1 Å². The molecule has 3 aromatic heterocycles. The molecule has 0 unspecified atom stereocenters. The Kier molecular flexibility index (Phi) is 4.56. The maximum absolute atomic E-state index is 12.8. The molecule has 1 amide bonds. The summed E-state index contributed by atoms with van der Waals surface area (Å²) >= 11 is 6.21. The van der Waals surface area contributed by atoms with Crippen LogP contribution in [0.25, 0.3) is 16.9 Å². The number of carbonyl (C=O) groups excluding carboxylic acids is 1. The molecule has 31 heavy (non-hydrogen) atoms. The van der Waals surface area contributed by atoms with Crippen LogP contribution < -0.4 is 5.32 Å². The van der Waals surface area contributed by atoms with E-state index in [-0.39, 0.29) is 17.8 Å². The van der Waals surface area contributed by atoms with Gasteiger partial charge in [-0.15, -0.1) is 0 Å². The van der Waals surface area contributed by atoms with Gasteiger partial charge in [-0.2, -0.15) is 15.3 Å². The number of likely N-dealkylation sites (tertiary alicyclic amines) is 1.